The Morgan fingerprint density at radius 2 is 1.95 bits per heavy atom. The van der Waals surface area contributed by atoms with Crippen LogP contribution in [0.1, 0.15) is 32.3 Å². The summed E-state index contributed by atoms with van der Waals surface area (Å²) in [5.74, 6) is -0.695. The number of carbonyl (C=O) groups excluding carboxylic acids is 2. The summed E-state index contributed by atoms with van der Waals surface area (Å²) in [6, 6.07) is 1.85. The molecule has 0 bridgehead atoms. The summed E-state index contributed by atoms with van der Waals surface area (Å²) in [5.41, 5.74) is 1.21. The molecular formula is C15H18BrFN2O2. The number of halogens is 2. The lowest BCUT2D eigenvalue weighted by molar-refractivity contribution is -0.134. The lowest BCUT2D eigenvalue weighted by Gasteiger charge is -2.39. The summed E-state index contributed by atoms with van der Waals surface area (Å²) in [7, 11) is 0. The number of rotatable bonds is 3. The molecule has 0 aromatic heterocycles. The highest BCUT2D eigenvalue weighted by Crippen LogP contribution is 2.31. The van der Waals surface area contributed by atoms with Crippen LogP contribution in [-0.4, -0.2) is 23.9 Å². The van der Waals surface area contributed by atoms with Gasteiger partial charge in [-0.25, -0.2) is 4.39 Å². The van der Waals surface area contributed by atoms with Crippen molar-refractivity contribution in [3.63, 3.8) is 0 Å². The van der Waals surface area contributed by atoms with Gasteiger partial charge in [0.05, 0.1) is 4.47 Å². The predicted molar refractivity (Wildman–Crippen MR) is 82.6 cm³/mol. The average Bonchev–Trinajstić information content (AvgIpc) is 2.44. The lowest BCUT2D eigenvalue weighted by atomic mass is 10.0. The summed E-state index contributed by atoms with van der Waals surface area (Å²) >= 11 is 3.14. The first-order valence-electron chi connectivity index (χ1n) is 6.99. The summed E-state index contributed by atoms with van der Waals surface area (Å²) in [4.78, 5) is 26.3. The molecule has 1 aromatic rings. The molecule has 21 heavy (non-hydrogen) atoms. The van der Waals surface area contributed by atoms with E-state index in [0.29, 0.717) is 24.1 Å². The summed E-state index contributed by atoms with van der Waals surface area (Å²) in [6.07, 6.45) is 1.03. The van der Waals surface area contributed by atoms with Crippen LogP contribution in [-0.2, 0) is 9.59 Å². The summed E-state index contributed by atoms with van der Waals surface area (Å²) < 4.78 is 13.9. The van der Waals surface area contributed by atoms with E-state index in [1.165, 1.54) is 11.0 Å². The Kier molecular flexibility index (Phi) is 4.66. The number of carbonyl (C=O) groups is 2. The number of amides is 2. The summed E-state index contributed by atoms with van der Waals surface area (Å²) in [6.45, 7) is 5.43. The van der Waals surface area contributed by atoms with Crippen LogP contribution in [0.2, 0.25) is 0 Å². The maximum atomic E-state index is 13.6. The first kappa shape index (κ1) is 15.9. The van der Waals surface area contributed by atoms with Gasteiger partial charge in [-0.2, -0.15) is 0 Å². The van der Waals surface area contributed by atoms with Crippen molar-refractivity contribution in [2.45, 2.75) is 45.7 Å². The van der Waals surface area contributed by atoms with Gasteiger partial charge in [-0.05, 0) is 53.4 Å². The van der Waals surface area contributed by atoms with Crippen molar-refractivity contribution in [3.05, 3.63) is 28.0 Å². The number of hydrogen-bond donors (Lipinski definition) is 1. The molecule has 2 rings (SSSR count). The molecule has 1 N–H and O–H groups in total. The molecule has 1 aromatic carbocycles. The highest BCUT2D eigenvalue weighted by molar-refractivity contribution is 9.10. The van der Waals surface area contributed by atoms with E-state index in [4.69, 9.17) is 0 Å². The zero-order valence-corrected chi connectivity index (χ0v) is 13.8. The lowest BCUT2D eigenvalue weighted by Crippen LogP contribution is -2.63. The zero-order valence-electron chi connectivity index (χ0n) is 12.2. The van der Waals surface area contributed by atoms with Gasteiger partial charge >= 0.3 is 0 Å². The minimum absolute atomic E-state index is 0.148. The Morgan fingerprint density at radius 3 is 2.52 bits per heavy atom. The van der Waals surface area contributed by atoms with Crippen molar-refractivity contribution >= 4 is 33.4 Å². The molecule has 1 saturated heterocycles. The van der Waals surface area contributed by atoms with Gasteiger partial charge in [0.2, 0.25) is 11.8 Å². The van der Waals surface area contributed by atoms with Gasteiger partial charge in [-0.1, -0.05) is 13.8 Å². The number of nitrogens with one attached hydrogen (secondary N) is 1. The molecule has 0 spiro atoms. The van der Waals surface area contributed by atoms with E-state index in [0.717, 1.165) is 0 Å². The van der Waals surface area contributed by atoms with Crippen molar-refractivity contribution in [2.24, 2.45) is 0 Å². The van der Waals surface area contributed by atoms with Crippen LogP contribution in [0.5, 0.6) is 0 Å². The summed E-state index contributed by atoms with van der Waals surface area (Å²) in [5, 5.41) is 2.75. The predicted octanol–water partition coefficient (Wildman–Crippen LogP) is 2.92. The van der Waals surface area contributed by atoms with Crippen LogP contribution >= 0.6 is 15.9 Å². The smallest absolute Gasteiger partial charge is 0.250 e. The Hall–Kier alpha value is -1.43. The largest absolute Gasteiger partial charge is 0.342 e. The zero-order chi connectivity index (χ0) is 15.7. The van der Waals surface area contributed by atoms with Crippen LogP contribution < -0.4 is 10.2 Å². The molecule has 2 amide bonds. The highest BCUT2D eigenvalue weighted by Gasteiger charge is 2.40. The quantitative estimate of drug-likeness (QED) is 0.904. The van der Waals surface area contributed by atoms with Crippen molar-refractivity contribution in [1.29, 1.82) is 0 Å². The van der Waals surface area contributed by atoms with Crippen LogP contribution in [0.25, 0.3) is 0 Å². The molecule has 0 saturated carbocycles. The number of piperazine rings is 1. The minimum Gasteiger partial charge on any atom is -0.342 e. The van der Waals surface area contributed by atoms with Gasteiger partial charge < -0.3 is 5.32 Å². The van der Waals surface area contributed by atoms with Gasteiger partial charge in [0.15, 0.2) is 0 Å². The highest BCUT2D eigenvalue weighted by atomic mass is 79.9. The van der Waals surface area contributed by atoms with Crippen molar-refractivity contribution < 1.29 is 14.0 Å². The second kappa shape index (κ2) is 6.13. The molecule has 1 aliphatic rings. The normalized spacial score (nSPS) is 22.4. The van der Waals surface area contributed by atoms with Crippen LogP contribution in [0.15, 0.2) is 16.6 Å². The average molecular weight is 357 g/mol. The number of nitrogens with zero attached hydrogens (tertiary/aromatic N) is 1. The minimum atomic E-state index is -0.559. The third-order valence-corrected chi connectivity index (χ3v) is 4.37. The SMILES string of the molecule is CCC1NC(=O)C(CC)N(c2cc(Br)c(F)cc2C)C1=O. The Morgan fingerprint density at radius 1 is 1.29 bits per heavy atom. The maximum Gasteiger partial charge on any atom is 0.250 e. The van der Waals surface area contributed by atoms with E-state index in [2.05, 4.69) is 21.2 Å². The number of hydrogen-bond acceptors (Lipinski definition) is 2. The third kappa shape index (κ3) is 2.81. The number of anilines is 1. The fraction of sp³-hybridized carbons (Fsp3) is 0.467. The topological polar surface area (TPSA) is 49.4 Å². The fourth-order valence-corrected chi connectivity index (χ4v) is 2.93. The van der Waals surface area contributed by atoms with Gasteiger partial charge in [0, 0.05) is 5.69 Å². The molecule has 114 valence electrons. The Bertz CT molecular complexity index is 591. The van der Waals surface area contributed by atoms with E-state index in [1.807, 2.05) is 13.8 Å². The second-order valence-corrected chi connectivity index (χ2v) is 6.01. The first-order chi connectivity index (χ1) is 9.90. The third-order valence-electron chi connectivity index (χ3n) is 3.76. The number of aryl methyl sites for hydroxylation is 1. The molecule has 1 aliphatic heterocycles. The Balaban J connectivity index is 2.53. The van der Waals surface area contributed by atoms with E-state index < -0.39 is 12.1 Å². The monoisotopic (exact) mass is 356 g/mol. The van der Waals surface area contributed by atoms with Gasteiger partial charge in [0.1, 0.15) is 17.9 Å². The van der Waals surface area contributed by atoms with Crippen molar-refractivity contribution in [2.75, 3.05) is 4.90 Å². The molecule has 1 heterocycles. The first-order valence-corrected chi connectivity index (χ1v) is 7.79. The van der Waals surface area contributed by atoms with E-state index >= 15 is 0 Å². The fourth-order valence-electron chi connectivity index (χ4n) is 2.59. The van der Waals surface area contributed by atoms with E-state index in [9.17, 15) is 14.0 Å². The van der Waals surface area contributed by atoms with Crippen molar-refractivity contribution in [3.8, 4) is 0 Å². The second-order valence-electron chi connectivity index (χ2n) is 5.15. The van der Waals surface area contributed by atoms with Crippen LogP contribution in [0.4, 0.5) is 10.1 Å². The maximum absolute atomic E-state index is 13.6. The molecule has 6 heteroatoms. The Labute approximate surface area is 131 Å². The van der Waals surface area contributed by atoms with Crippen molar-refractivity contribution in [1.82, 2.24) is 5.32 Å². The van der Waals surface area contributed by atoms with Crippen LogP contribution in [0, 0.1) is 12.7 Å². The molecule has 0 aliphatic carbocycles. The molecular weight excluding hydrogens is 339 g/mol. The van der Waals surface area contributed by atoms with Crippen LogP contribution in [0.3, 0.4) is 0 Å². The van der Waals surface area contributed by atoms with E-state index in [-0.39, 0.29) is 22.1 Å². The van der Waals surface area contributed by atoms with Gasteiger partial charge in [-0.3, -0.25) is 14.5 Å². The molecule has 0 radical (unpaired) electrons. The standard InChI is InChI=1S/C15H18BrFN2O2/c1-4-11-15(21)19(12(5-2)14(20)18-11)13-7-9(16)10(17)6-8(13)3/h6-7,11-12H,4-5H2,1-3H3,(H,18,20). The van der Waals surface area contributed by atoms with Gasteiger partial charge in [-0.15, -0.1) is 0 Å². The molecule has 2 atom stereocenters. The van der Waals surface area contributed by atoms with Gasteiger partial charge in [0.25, 0.3) is 0 Å². The van der Waals surface area contributed by atoms with E-state index in [1.54, 1.807) is 13.0 Å². The molecule has 4 nitrogen and oxygen atoms in total. The number of benzene rings is 1. The molecule has 2 unspecified atom stereocenters. The molecule has 1 fully saturated rings.